The SMILES string of the molecule is C=CCCCCCCCC(C)CCl. The number of hydrogen-bond donors (Lipinski definition) is 0. The van der Waals surface area contributed by atoms with Crippen LogP contribution in [0.5, 0.6) is 0 Å². The Kier molecular flexibility index (Phi) is 10.1. The summed E-state index contributed by atoms with van der Waals surface area (Å²) in [6.45, 7) is 5.94. The second-order valence-electron chi connectivity index (χ2n) is 3.89. The molecule has 0 saturated heterocycles. The van der Waals surface area contributed by atoms with Gasteiger partial charge in [0.25, 0.3) is 0 Å². The van der Waals surface area contributed by atoms with Crippen LogP contribution in [0.2, 0.25) is 0 Å². The van der Waals surface area contributed by atoms with Gasteiger partial charge in [0.05, 0.1) is 0 Å². The lowest BCUT2D eigenvalue weighted by Gasteiger charge is -2.05. The number of alkyl halides is 1. The Morgan fingerprint density at radius 1 is 1.15 bits per heavy atom. The minimum absolute atomic E-state index is 0.704. The van der Waals surface area contributed by atoms with Crippen molar-refractivity contribution in [2.75, 3.05) is 5.88 Å². The standard InChI is InChI=1S/C12H23Cl/c1-3-4-5-6-7-8-9-10-12(2)11-13/h3,12H,1,4-11H2,2H3. The molecule has 0 bridgehead atoms. The van der Waals surface area contributed by atoms with Gasteiger partial charge in [-0.1, -0.05) is 38.7 Å². The zero-order valence-electron chi connectivity index (χ0n) is 8.90. The van der Waals surface area contributed by atoms with Gasteiger partial charge in [-0.3, -0.25) is 0 Å². The summed E-state index contributed by atoms with van der Waals surface area (Å²) in [5.41, 5.74) is 0. The fourth-order valence-electron chi connectivity index (χ4n) is 1.39. The zero-order chi connectivity index (χ0) is 9.94. The van der Waals surface area contributed by atoms with Crippen molar-refractivity contribution in [3.8, 4) is 0 Å². The minimum Gasteiger partial charge on any atom is -0.126 e. The Labute approximate surface area is 88.4 Å². The van der Waals surface area contributed by atoms with Crippen molar-refractivity contribution in [1.29, 1.82) is 0 Å². The first-order chi connectivity index (χ1) is 6.31. The third kappa shape index (κ3) is 9.95. The van der Waals surface area contributed by atoms with Gasteiger partial charge in [-0.25, -0.2) is 0 Å². The van der Waals surface area contributed by atoms with Gasteiger partial charge >= 0.3 is 0 Å². The molecule has 0 aromatic carbocycles. The van der Waals surface area contributed by atoms with Crippen LogP contribution in [0.3, 0.4) is 0 Å². The molecule has 0 aliphatic carbocycles. The maximum absolute atomic E-state index is 5.72. The maximum atomic E-state index is 5.72. The lowest BCUT2D eigenvalue weighted by Crippen LogP contribution is -1.95. The van der Waals surface area contributed by atoms with E-state index in [9.17, 15) is 0 Å². The first kappa shape index (κ1) is 13.0. The van der Waals surface area contributed by atoms with Crippen LogP contribution >= 0.6 is 11.6 Å². The average molecular weight is 203 g/mol. The van der Waals surface area contributed by atoms with Crippen LogP contribution in [0.1, 0.15) is 51.9 Å². The molecule has 0 amide bonds. The minimum atomic E-state index is 0.704. The predicted molar refractivity (Wildman–Crippen MR) is 62.4 cm³/mol. The van der Waals surface area contributed by atoms with Crippen molar-refractivity contribution in [2.24, 2.45) is 5.92 Å². The molecule has 0 spiro atoms. The quantitative estimate of drug-likeness (QED) is 0.287. The largest absolute Gasteiger partial charge is 0.126 e. The third-order valence-corrected chi connectivity index (χ3v) is 2.90. The summed E-state index contributed by atoms with van der Waals surface area (Å²) in [6, 6.07) is 0. The molecule has 0 fully saturated rings. The molecule has 0 aliphatic heterocycles. The average Bonchev–Trinajstić information content (AvgIpc) is 2.16. The van der Waals surface area contributed by atoms with Crippen LogP contribution in [0.4, 0.5) is 0 Å². The van der Waals surface area contributed by atoms with Gasteiger partial charge in [0, 0.05) is 5.88 Å². The smallest absolute Gasteiger partial charge is 0.0249 e. The molecule has 0 radical (unpaired) electrons. The van der Waals surface area contributed by atoms with Gasteiger partial charge in [-0.15, -0.1) is 18.2 Å². The van der Waals surface area contributed by atoms with Crippen LogP contribution in [0, 0.1) is 5.92 Å². The molecule has 0 aromatic heterocycles. The second-order valence-corrected chi connectivity index (χ2v) is 4.20. The topological polar surface area (TPSA) is 0 Å². The van der Waals surface area contributed by atoms with Crippen molar-refractivity contribution in [1.82, 2.24) is 0 Å². The van der Waals surface area contributed by atoms with E-state index in [0.717, 1.165) is 5.88 Å². The molecule has 13 heavy (non-hydrogen) atoms. The van der Waals surface area contributed by atoms with E-state index >= 15 is 0 Å². The third-order valence-electron chi connectivity index (χ3n) is 2.37. The molecule has 78 valence electrons. The number of rotatable bonds is 9. The van der Waals surface area contributed by atoms with Crippen molar-refractivity contribution in [3.05, 3.63) is 12.7 Å². The first-order valence-corrected chi connectivity index (χ1v) is 6.01. The molecule has 1 unspecified atom stereocenters. The number of unbranched alkanes of at least 4 members (excludes halogenated alkanes) is 5. The van der Waals surface area contributed by atoms with Gasteiger partial charge in [0.15, 0.2) is 0 Å². The van der Waals surface area contributed by atoms with Crippen molar-refractivity contribution in [3.63, 3.8) is 0 Å². The van der Waals surface area contributed by atoms with E-state index in [4.69, 9.17) is 11.6 Å². The summed E-state index contributed by atoms with van der Waals surface area (Å²) >= 11 is 5.72. The van der Waals surface area contributed by atoms with E-state index in [2.05, 4.69) is 13.5 Å². The summed E-state index contributed by atoms with van der Waals surface area (Å²) in [4.78, 5) is 0. The highest BCUT2D eigenvalue weighted by molar-refractivity contribution is 6.18. The molecule has 1 atom stereocenters. The van der Waals surface area contributed by atoms with Crippen molar-refractivity contribution in [2.45, 2.75) is 51.9 Å². The molecule has 0 N–H and O–H groups in total. The van der Waals surface area contributed by atoms with E-state index in [0.29, 0.717) is 5.92 Å². The van der Waals surface area contributed by atoms with Gasteiger partial charge < -0.3 is 0 Å². The number of halogens is 1. The van der Waals surface area contributed by atoms with E-state index in [1.54, 1.807) is 0 Å². The van der Waals surface area contributed by atoms with Crippen molar-refractivity contribution < 1.29 is 0 Å². The normalized spacial score (nSPS) is 12.8. The van der Waals surface area contributed by atoms with Crippen LogP contribution in [-0.4, -0.2) is 5.88 Å². The van der Waals surface area contributed by atoms with Gasteiger partial charge in [-0.2, -0.15) is 0 Å². The van der Waals surface area contributed by atoms with E-state index in [1.807, 2.05) is 6.08 Å². The van der Waals surface area contributed by atoms with Crippen LogP contribution in [0.25, 0.3) is 0 Å². The van der Waals surface area contributed by atoms with Crippen LogP contribution in [0.15, 0.2) is 12.7 Å². The lowest BCUT2D eigenvalue weighted by atomic mass is 10.0. The fourth-order valence-corrected chi connectivity index (χ4v) is 1.54. The predicted octanol–water partition coefficient (Wildman–Crippen LogP) is 4.78. The second kappa shape index (κ2) is 10.1. The Morgan fingerprint density at radius 3 is 2.38 bits per heavy atom. The van der Waals surface area contributed by atoms with E-state index in [-0.39, 0.29) is 0 Å². The monoisotopic (exact) mass is 202 g/mol. The molecular weight excluding hydrogens is 180 g/mol. The van der Waals surface area contributed by atoms with Gasteiger partial charge in [-0.05, 0) is 25.2 Å². The summed E-state index contributed by atoms with van der Waals surface area (Å²) in [6.07, 6.45) is 11.3. The van der Waals surface area contributed by atoms with Crippen molar-refractivity contribution >= 4 is 11.6 Å². The summed E-state index contributed by atoms with van der Waals surface area (Å²) in [5, 5.41) is 0. The molecule has 0 heterocycles. The lowest BCUT2D eigenvalue weighted by molar-refractivity contribution is 0.519. The van der Waals surface area contributed by atoms with Crippen LogP contribution < -0.4 is 0 Å². The van der Waals surface area contributed by atoms with Gasteiger partial charge in [0.2, 0.25) is 0 Å². The Morgan fingerprint density at radius 2 is 1.77 bits per heavy atom. The molecule has 0 nitrogen and oxygen atoms in total. The fraction of sp³-hybridized carbons (Fsp3) is 0.833. The highest BCUT2D eigenvalue weighted by Crippen LogP contribution is 2.12. The van der Waals surface area contributed by atoms with E-state index < -0.39 is 0 Å². The van der Waals surface area contributed by atoms with Crippen LogP contribution in [-0.2, 0) is 0 Å². The molecule has 1 heteroatoms. The van der Waals surface area contributed by atoms with Gasteiger partial charge in [0.1, 0.15) is 0 Å². The summed E-state index contributed by atoms with van der Waals surface area (Å²) in [7, 11) is 0. The Bertz CT molecular complexity index is 110. The first-order valence-electron chi connectivity index (χ1n) is 5.48. The highest BCUT2D eigenvalue weighted by atomic mass is 35.5. The molecule has 0 saturated carbocycles. The molecular formula is C12H23Cl. The number of allylic oxidation sites excluding steroid dienone is 1. The molecule has 0 aromatic rings. The number of hydrogen-bond acceptors (Lipinski definition) is 0. The summed E-state index contributed by atoms with van der Waals surface area (Å²) < 4.78 is 0. The Balaban J connectivity index is 2.95. The summed E-state index contributed by atoms with van der Waals surface area (Å²) in [5.74, 6) is 1.52. The highest BCUT2D eigenvalue weighted by Gasteiger charge is 1.98. The maximum Gasteiger partial charge on any atom is 0.0249 e. The zero-order valence-corrected chi connectivity index (χ0v) is 9.65. The molecule has 0 aliphatic rings. The molecule has 0 rings (SSSR count). The van der Waals surface area contributed by atoms with E-state index in [1.165, 1.54) is 44.9 Å². The Hall–Kier alpha value is 0.0300.